The Kier molecular flexibility index (Phi) is 3.91. The van der Waals surface area contributed by atoms with Crippen LogP contribution in [0.5, 0.6) is 11.5 Å². The number of halogens is 2. The number of fused-ring (bicyclic) bond motifs is 1. The van der Waals surface area contributed by atoms with E-state index >= 15 is 0 Å². The second-order valence-electron chi connectivity index (χ2n) is 4.46. The van der Waals surface area contributed by atoms with Crippen molar-refractivity contribution in [2.75, 3.05) is 12.1 Å². The molecule has 0 radical (unpaired) electrons. The Bertz CT molecular complexity index is 743. The summed E-state index contributed by atoms with van der Waals surface area (Å²) in [4.78, 5) is 0. The first-order valence-corrected chi connectivity index (χ1v) is 7.36. The van der Waals surface area contributed by atoms with E-state index in [0.29, 0.717) is 17.1 Å². The van der Waals surface area contributed by atoms with Crippen molar-refractivity contribution < 1.29 is 9.47 Å². The summed E-state index contributed by atoms with van der Waals surface area (Å²) in [6, 6.07) is 11.0. The van der Waals surface area contributed by atoms with E-state index in [1.807, 2.05) is 12.1 Å². The van der Waals surface area contributed by atoms with E-state index < -0.39 is 0 Å². The van der Waals surface area contributed by atoms with Crippen LogP contribution in [0.15, 0.2) is 34.8 Å². The van der Waals surface area contributed by atoms with E-state index in [2.05, 4.69) is 27.3 Å². The zero-order chi connectivity index (χ0) is 14.8. The van der Waals surface area contributed by atoms with E-state index in [4.69, 9.17) is 26.3 Å². The van der Waals surface area contributed by atoms with Gasteiger partial charge in [0.15, 0.2) is 11.5 Å². The molecule has 2 aromatic rings. The van der Waals surface area contributed by atoms with Crippen molar-refractivity contribution in [2.24, 2.45) is 0 Å². The lowest BCUT2D eigenvalue weighted by Gasteiger charge is -2.11. The summed E-state index contributed by atoms with van der Waals surface area (Å²) in [6.07, 6.45) is 0. The molecule has 0 fully saturated rings. The van der Waals surface area contributed by atoms with Crippen LogP contribution in [0.3, 0.4) is 0 Å². The molecule has 106 valence electrons. The van der Waals surface area contributed by atoms with Crippen molar-refractivity contribution in [1.82, 2.24) is 0 Å². The SMILES string of the molecule is N#Cc1ccc(Cl)c(NCc2cc3c(cc2Br)OCO3)c1. The van der Waals surface area contributed by atoms with Crippen molar-refractivity contribution in [2.45, 2.75) is 6.54 Å². The zero-order valence-corrected chi connectivity index (χ0v) is 13.2. The molecular weight excluding hydrogens is 356 g/mol. The topological polar surface area (TPSA) is 54.3 Å². The molecule has 21 heavy (non-hydrogen) atoms. The van der Waals surface area contributed by atoms with Gasteiger partial charge in [-0.3, -0.25) is 0 Å². The molecule has 0 saturated heterocycles. The fourth-order valence-corrected chi connectivity index (χ4v) is 2.66. The summed E-state index contributed by atoms with van der Waals surface area (Å²) in [5.74, 6) is 1.46. The molecule has 1 heterocycles. The van der Waals surface area contributed by atoms with E-state index in [1.54, 1.807) is 18.2 Å². The second kappa shape index (κ2) is 5.84. The van der Waals surface area contributed by atoms with Crippen LogP contribution >= 0.6 is 27.5 Å². The molecule has 0 spiro atoms. The maximum atomic E-state index is 8.93. The Morgan fingerprint density at radius 3 is 2.76 bits per heavy atom. The summed E-state index contributed by atoms with van der Waals surface area (Å²) >= 11 is 9.63. The predicted octanol–water partition coefficient (Wildman–Crippen LogP) is 4.31. The van der Waals surface area contributed by atoms with Crippen LogP contribution in [-0.2, 0) is 6.54 Å². The van der Waals surface area contributed by atoms with Gasteiger partial charge in [0.05, 0.1) is 22.3 Å². The van der Waals surface area contributed by atoms with E-state index in [0.717, 1.165) is 27.2 Å². The summed E-state index contributed by atoms with van der Waals surface area (Å²) in [5.41, 5.74) is 2.30. The normalized spacial score (nSPS) is 12.0. The van der Waals surface area contributed by atoms with E-state index in [-0.39, 0.29) is 6.79 Å². The molecule has 2 aromatic carbocycles. The average Bonchev–Trinajstić information content (AvgIpc) is 2.93. The number of hydrogen-bond acceptors (Lipinski definition) is 4. The number of rotatable bonds is 3. The molecule has 0 aromatic heterocycles. The molecule has 3 rings (SSSR count). The number of nitriles is 1. The van der Waals surface area contributed by atoms with Crippen molar-refractivity contribution in [3.05, 3.63) is 51.0 Å². The van der Waals surface area contributed by atoms with Gasteiger partial charge in [0.2, 0.25) is 6.79 Å². The number of nitrogens with zero attached hydrogens (tertiary/aromatic N) is 1. The summed E-state index contributed by atoms with van der Waals surface area (Å²) < 4.78 is 11.6. The molecule has 1 aliphatic heterocycles. The molecule has 1 N–H and O–H groups in total. The minimum atomic E-state index is 0.245. The highest BCUT2D eigenvalue weighted by molar-refractivity contribution is 9.10. The van der Waals surface area contributed by atoms with Gasteiger partial charge in [0, 0.05) is 11.0 Å². The summed E-state index contributed by atoms with van der Waals surface area (Å²) in [6.45, 7) is 0.792. The van der Waals surface area contributed by atoms with Crippen LogP contribution in [0.1, 0.15) is 11.1 Å². The van der Waals surface area contributed by atoms with Gasteiger partial charge >= 0.3 is 0 Å². The lowest BCUT2D eigenvalue weighted by Crippen LogP contribution is -2.01. The predicted molar refractivity (Wildman–Crippen MR) is 83.8 cm³/mol. The second-order valence-corrected chi connectivity index (χ2v) is 5.72. The highest BCUT2D eigenvalue weighted by Gasteiger charge is 2.16. The average molecular weight is 366 g/mol. The van der Waals surface area contributed by atoms with Gasteiger partial charge in [0.25, 0.3) is 0 Å². The smallest absolute Gasteiger partial charge is 0.231 e. The van der Waals surface area contributed by atoms with E-state index in [9.17, 15) is 0 Å². The molecule has 0 saturated carbocycles. The van der Waals surface area contributed by atoms with Crippen molar-refractivity contribution in [3.8, 4) is 17.6 Å². The molecule has 6 heteroatoms. The number of anilines is 1. The Labute approximate surface area is 135 Å². The first-order valence-electron chi connectivity index (χ1n) is 6.19. The first kappa shape index (κ1) is 14.1. The monoisotopic (exact) mass is 364 g/mol. The van der Waals surface area contributed by atoms with Gasteiger partial charge < -0.3 is 14.8 Å². The van der Waals surface area contributed by atoms with Gasteiger partial charge in [-0.25, -0.2) is 0 Å². The number of hydrogen-bond donors (Lipinski definition) is 1. The molecule has 0 aliphatic carbocycles. The lowest BCUT2D eigenvalue weighted by molar-refractivity contribution is 0.174. The maximum absolute atomic E-state index is 8.93. The molecule has 0 amide bonds. The largest absolute Gasteiger partial charge is 0.454 e. The number of ether oxygens (including phenoxy) is 2. The number of benzene rings is 2. The molecule has 0 unspecified atom stereocenters. The Balaban J connectivity index is 1.81. The van der Waals surface area contributed by atoms with Crippen LogP contribution in [0, 0.1) is 11.3 Å². The third kappa shape index (κ3) is 2.92. The third-order valence-corrected chi connectivity index (χ3v) is 4.17. The number of nitrogens with one attached hydrogen (secondary N) is 1. The van der Waals surface area contributed by atoms with Gasteiger partial charge in [-0.05, 0) is 35.9 Å². The van der Waals surface area contributed by atoms with Crippen LogP contribution in [0.2, 0.25) is 5.02 Å². The van der Waals surface area contributed by atoms with Crippen molar-refractivity contribution >= 4 is 33.2 Å². The van der Waals surface area contributed by atoms with Gasteiger partial charge in [-0.1, -0.05) is 27.5 Å². The minimum absolute atomic E-state index is 0.245. The fraction of sp³-hybridized carbons (Fsp3) is 0.133. The highest BCUT2D eigenvalue weighted by Crippen LogP contribution is 2.37. The third-order valence-electron chi connectivity index (χ3n) is 3.11. The van der Waals surface area contributed by atoms with E-state index in [1.165, 1.54) is 0 Å². The van der Waals surface area contributed by atoms with Gasteiger partial charge in [-0.2, -0.15) is 5.26 Å². The standard InChI is InChI=1S/C15H10BrClN2O2/c16-11-5-15-14(20-8-21-15)4-10(11)7-19-13-3-9(6-18)1-2-12(13)17/h1-5,19H,7-8H2. The minimum Gasteiger partial charge on any atom is -0.454 e. The molecule has 0 atom stereocenters. The van der Waals surface area contributed by atoms with Crippen LogP contribution in [0.25, 0.3) is 0 Å². The Morgan fingerprint density at radius 2 is 2.00 bits per heavy atom. The quantitative estimate of drug-likeness (QED) is 0.880. The Morgan fingerprint density at radius 1 is 1.24 bits per heavy atom. The summed E-state index contributed by atoms with van der Waals surface area (Å²) in [7, 11) is 0. The first-order chi connectivity index (χ1) is 10.2. The van der Waals surface area contributed by atoms with Crippen LogP contribution < -0.4 is 14.8 Å². The maximum Gasteiger partial charge on any atom is 0.231 e. The molecule has 4 nitrogen and oxygen atoms in total. The molecule has 1 aliphatic rings. The summed E-state index contributed by atoms with van der Waals surface area (Å²) in [5, 5.41) is 12.7. The van der Waals surface area contributed by atoms with Crippen molar-refractivity contribution in [1.29, 1.82) is 5.26 Å². The van der Waals surface area contributed by atoms with Gasteiger partial charge in [0.1, 0.15) is 0 Å². The fourth-order valence-electron chi connectivity index (χ4n) is 2.02. The lowest BCUT2D eigenvalue weighted by atomic mass is 10.1. The highest BCUT2D eigenvalue weighted by atomic mass is 79.9. The molecule has 0 bridgehead atoms. The van der Waals surface area contributed by atoms with Crippen molar-refractivity contribution in [3.63, 3.8) is 0 Å². The Hall–Kier alpha value is -1.90. The molecular formula is C15H10BrClN2O2. The zero-order valence-electron chi connectivity index (χ0n) is 10.8. The van der Waals surface area contributed by atoms with Crippen LogP contribution in [-0.4, -0.2) is 6.79 Å². The van der Waals surface area contributed by atoms with Gasteiger partial charge in [-0.15, -0.1) is 0 Å². The van der Waals surface area contributed by atoms with Crippen LogP contribution in [0.4, 0.5) is 5.69 Å².